The number of thiocarbonyl (C=S) groups is 1. The highest BCUT2D eigenvalue weighted by atomic mass is 32.1. The van der Waals surface area contributed by atoms with Crippen LogP contribution in [0, 0.1) is 0 Å². The molecule has 0 heterocycles. The molecule has 0 radical (unpaired) electrons. The van der Waals surface area contributed by atoms with Crippen LogP contribution in [0.25, 0.3) is 0 Å². The summed E-state index contributed by atoms with van der Waals surface area (Å²) in [6.45, 7) is -0.915. The molecule has 1 aromatic carbocycles. The fourth-order valence-electron chi connectivity index (χ4n) is 1.22. The van der Waals surface area contributed by atoms with Crippen LogP contribution < -0.4 is 10.5 Å². The van der Waals surface area contributed by atoms with Crippen LogP contribution >= 0.6 is 12.2 Å². The number of benzene rings is 1. The second kappa shape index (κ2) is 5.47. The van der Waals surface area contributed by atoms with Gasteiger partial charge in [-0.3, -0.25) is 0 Å². The fraction of sp³-hybridized carbons (Fsp3) is 0.300. The maximum Gasteiger partial charge on any atom is 0.417 e. The molecule has 0 amide bonds. The first-order valence-corrected chi connectivity index (χ1v) is 5.04. The van der Waals surface area contributed by atoms with Crippen LogP contribution in [0.15, 0.2) is 18.2 Å². The maximum atomic E-state index is 12.6. The van der Waals surface area contributed by atoms with Crippen LogP contribution in [0.5, 0.6) is 5.75 Å². The van der Waals surface area contributed by atoms with E-state index in [0.717, 1.165) is 12.1 Å². The first-order chi connectivity index (χ1) is 8.21. The molecule has 0 bridgehead atoms. The van der Waals surface area contributed by atoms with Gasteiger partial charge in [-0.25, -0.2) is 8.78 Å². The van der Waals surface area contributed by atoms with Gasteiger partial charge in [0.15, 0.2) is 0 Å². The fourth-order valence-corrected chi connectivity index (χ4v) is 1.39. The molecular weight excluding hydrogens is 277 g/mol. The average Bonchev–Trinajstić information content (AvgIpc) is 2.24. The van der Waals surface area contributed by atoms with E-state index >= 15 is 0 Å². The third-order valence-electron chi connectivity index (χ3n) is 1.94. The van der Waals surface area contributed by atoms with Gasteiger partial charge in [-0.05, 0) is 18.2 Å². The summed E-state index contributed by atoms with van der Waals surface area (Å²) in [5, 5.41) is 0. The molecule has 0 aromatic heterocycles. The smallest absolute Gasteiger partial charge is 0.417 e. The molecule has 0 atom stereocenters. The molecule has 0 aliphatic heterocycles. The average molecular weight is 285 g/mol. The summed E-state index contributed by atoms with van der Waals surface area (Å²) >= 11 is 4.49. The van der Waals surface area contributed by atoms with Gasteiger partial charge in [0, 0.05) is 5.56 Å². The van der Waals surface area contributed by atoms with Crippen molar-refractivity contribution in [1.82, 2.24) is 0 Å². The summed E-state index contributed by atoms with van der Waals surface area (Å²) in [6.07, 6.45) is -7.35. The van der Waals surface area contributed by atoms with Crippen molar-refractivity contribution >= 4 is 17.2 Å². The first-order valence-electron chi connectivity index (χ1n) is 4.64. The van der Waals surface area contributed by atoms with Gasteiger partial charge in [0.05, 0.1) is 5.56 Å². The molecule has 0 saturated carbocycles. The van der Waals surface area contributed by atoms with E-state index < -0.39 is 35.3 Å². The van der Waals surface area contributed by atoms with Gasteiger partial charge < -0.3 is 10.5 Å². The lowest BCUT2D eigenvalue weighted by Gasteiger charge is -2.13. The third-order valence-corrected chi connectivity index (χ3v) is 2.16. The number of halogens is 5. The third kappa shape index (κ3) is 3.80. The Kier molecular flexibility index (Phi) is 4.44. The summed E-state index contributed by atoms with van der Waals surface area (Å²) in [7, 11) is 0. The van der Waals surface area contributed by atoms with Crippen LogP contribution in [0.2, 0.25) is 0 Å². The number of rotatable bonds is 4. The molecular formula is C10H8F5NOS. The Morgan fingerprint density at radius 1 is 1.33 bits per heavy atom. The Morgan fingerprint density at radius 3 is 2.39 bits per heavy atom. The highest BCUT2D eigenvalue weighted by Gasteiger charge is 2.34. The molecule has 0 saturated heterocycles. The lowest BCUT2D eigenvalue weighted by Crippen LogP contribution is -2.18. The molecule has 8 heteroatoms. The van der Waals surface area contributed by atoms with Gasteiger partial charge in [-0.15, -0.1) is 0 Å². The van der Waals surface area contributed by atoms with Crippen LogP contribution in [0.1, 0.15) is 11.1 Å². The van der Waals surface area contributed by atoms with Gasteiger partial charge >= 0.3 is 6.18 Å². The van der Waals surface area contributed by atoms with Gasteiger partial charge in [0.2, 0.25) is 0 Å². The molecule has 0 unspecified atom stereocenters. The number of alkyl halides is 5. The molecule has 1 rings (SSSR count). The predicted molar refractivity (Wildman–Crippen MR) is 58.8 cm³/mol. The Bertz CT molecular complexity index is 446. The molecule has 18 heavy (non-hydrogen) atoms. The molecule has 100 valence electrons. The minimum Gasteiger partial charge on any atom is -0.488 e. The van der Waals surface area contributed by atoms with Crippen molar-refractivity contribution in [2.75, 3.05) is 6.61 Å². The molecule has 0 aliphatic carbocycles. The zero-order valence-corrected chi connectivity index (χ0v) is 9.62. The standard InChI is InChI=1S/C10H8F5NOS/c11-8(12)4-17-5-1-2-7(10(13,14)15)6(3-5)9(16)18/h1-3,8H,4H2,(H2,16,18). The minimum absolute atomic E-state index is 0.147. The molecule has 2 N–H and O–H groups in total. The minimum atomic E-state index is -4.62. The summed E-state index contributed by atoms with van der Waals surface area (Å²) in [4.78, 5) is -0.482. The normalized spacial score (nSPS) is 11.7. The van der Waals surface area contributed by atoms with Crippen molar-refractivity contribution in [1.29, 1.82) is 0 Å². The quantitative estimate of drug-likeness (QED) is 0.682. The van der Waals surface area contributed by atoms with Crippen molar-refractivity contribution in [2.45, 2.75) is 12.6 Å². The second-order valence-corrected chi connectivity index (χ2v) is 3.71. The van der Waals surface area contributed by atoms with E-state index in [9.17, 15) is 22.0 Å². The van der Waals surface area contributed by atoms with Crippen LogP contribution in [-0.4, -0.2) is 18.0 Å². The molecule has 1 aromatic rings. The maximum absolute atomic E-state index is 12.6. The summed E-state index contributed by atoms with van der Waals surface area (Å²) in [5.41, 5.74) is 3.68. The van der Waals surface area contributed by atoms with Gasteiger partial charge in [-0.1, -0.05) is 12.2 Å². The SMILES string of the molecule is NC(=S)c1cc(OCC(F)F)ccc1C(F)(F)F. The molecule has 0 fully saturated rings. The number of hydrogen-bond donors (Lipinski definition) is 1. The zero-order chi connectivity index (χ0) is 13.9. The van der Waals surface area contributed by atoms with E-state index in [0.29, 0.717) is 6.07 Å². The number of ether oxygens (including phenoxy) is 1. The predicted octanol–water partition coefficient (Wildman–Crippen LogP) is 2.98. The Hall–Kier alpha value is -1.44. The van der Waals surface area contributed by atoms with E-state index in [4.69, 9.17) is 5.73 Å². The Labute approximate surface area is 105 Å². The van der Waals surface area contributed by atoms with Crippen molar-refractivity contribution in [3.63, 3.8) is 0 Å². The Morgan fingerprint density at radius 2 is 1.94 bits per heavy atom. The van der Waals surface area contributed by atoms with E-state index in [1.807, 2.05) is 0 Å². The van der Waals surface area contributed by atoms with Gasteiger partial charge in [0.25, 0.3) is 6.43 Å². The van der Waals surface area contributed by atoms with E-state index in [2.05, 4.69) is 17.0 Å². The van der Waals surface area contributed by atoms with Crippen LogP contribution in [-0.2, 0) is 6.18 Å². The topological polar surface area (TPSA) is 35.2 Å². The van der Waals surface area contributed by atoms with E-state index in [-0.39, 0.29) is 5.75 Å². The molecule has 2 nitrogen and oxygen atoms in total. The lowest BCUT2D eigenvalue weighted by atomic mass is 10.1. The summed E-state index contributed by atoms with van der Waals surface area (Å²) in [5.74, 6) is -0.147. The largest absolute Gasteiger partial charge is 0.488 e. The van der Waals surface area contributed by atoms with Crippen molar-refractivity contribution in [3.8, 4) is 5.75 Å². The van der Waals surface area contributed by atoms with Crippen molar-refractivity contribution in [3.05, 3.63) is 29.3 Å². The van der Waals surface area contributed by atoms with Crippen LogP contribution in [0.3, 0.4) is 0 Å². The molecule has 0 aliphatic rings. The van der Waals surface area contributed by atoms with Gasteiger partial charge in [0.1, 0.15) is 17.3 Å². The molecule has 0 spiro atoms. The van der Waals surface area contributed by atoms with E-state index in [1.165, 1.54) is 0 Å². The number of nitrogens with two attached hydrogens (primary N) is 1. The van der Waals surface area contributed by atoms with Crippen molar-refractivity contribution < 1.29 is 26.7 Å². The number of hydrogen-bond acceptors (Lipinski definition) is 2. The lowest BCUT2D eigenvalue weighted by molar-refractivity contribution is -0.137. The van der Waals surface area contributed by atoms with Gasteiger partial charge in [-0.2, -0.15) is 13.2 Å². The highest BCUT2D eigenvalue weighted by Crippen LogP contribution is 2.33. The monoisotopic (exact) mass is 285 g/mol. The summed E-state index contributed by atoms with van der Waals surface area (Å²) < 4.78 is 66.1. The zero-order valence-electron chi connectivity index (χ0n) is 8.80. The van der Waals surface area contributed by atoms with Crippen LogP contribution in [0.4, 0.5) is 22.0 Å². The van der Waals surface area contributed by atoms with Crippen molar-refractivity contribution in [2.24, 2.45) is 5.73 Å². The van der Waals surface area contributed by atoms with E-state index in [1.54, 1.807) is 0 Å². The highest BCUT2D eigenvalue weighted by molar-refractivity contribution is 7.80. The first kappa shape index (κ1) is 14.6. The Balaban J connectivity index is 3.08. The second-order valence-electron chi connectivity index (χ2n) is 3.27. The summed E-state index contributed by atoms with van der Waals surface area (Å²) in [6, 6.07) is 2.52.